The molecule has 0 fully saturated rings. The van der Waals surface area contributed by atoms with Crippen molar-refractivity contribution in [1.82, 2.24) is 0 Å². The normalized spacial score (nSPS) is 15.4. The molecule has 0 atom stereocenters. The van der Waals surface area contributed by atoms with E-state index in [4.69, 9.17) is 24.7 Å². The fourth-order valence-corrected chi connectivity index (χ4v) is 3.87. The van der Waals surface area contributed by atoms with E-state index in [0.717, 1.165) is 41.9 Å². The number of nitrogens with two attached hydrogens (primary N) is 1. The van der Waals surface area contributed by atoms with Crippen molar-refractivity contribution in [2.45, 2.75) is 26.7 Å². The first-order chi connectivity index (χ1) is 16.6. The molecule has 2 N–H and O–H groups in total. The average Bonchev–Trinajstić information content (AvgIpc) is 2.87. The van der Waals surface area contributed by atoms with Crippen molar-refractivity contribution in [2.75, 3.05) is 45.4 Å². The lowest BCUT2D eigenvalue weighted by Crippen LogP contribution is -2.06. The van der Waals surface area contributed by atoms with Gasteiger partial charge in [0.2, 0.25) is 5.75 Å². The van der Waals surface area contributed by atoms with Crippen LogP contribution in [0.5, 0.6) is 11.5 Å². The van der Waals surface area contributed by atoms with Gasteiger partial charge in [-0.3, -0.25) is 10.1 Å². The maximum Gasteiger partial charge on any atom is 0.311 e. The van der Waals surface area contributed by atoms with Crippen LogP contribution in [0.15, 0.2) is 48.6 Å². The molecule has 0 radical (unpaired) electrons. The van der Waals surface area contributed by atoms with Crippen LogP contribution in [-0.4, -0.2) is 44.6 Å². The minimum Gasteiger partial charge on any atom is -0.491 e. The van der Waals surface area contributed by atoms with Crippen molar-refractivity contribution in [2.24, 2.45) is 0 Å². The molecule has 4 rings (SSSR count). The Morgan fingerprint density at radius 3 is 1.91 bits per heavy atom. The topological polar surface area (TPSA) is 106 Å². The molecular weight excluding hydrogens is 436 g/mol. The van der Waals surface area contributed by atoms with Crippen LogP contribution < -0.4 is 15.2 Å². The lowest BCUT2D eigenvalue weighted by molar-refractivity contribution is -0.385. The number of hydrogen-bond acceptors (Lipinski definition) is 7. The van der Waals surface area contributed by atoms with Crippen LogP contribution in [0.1, 0.15) is 37.8 Å². The lowest BCUT2D eigenvalue weighted by Gasteiger charge is -2.18. The largest absolute Gasteiger partial charge is 0.491 e. The van der Waals surface area contributed by atoms with E-state index in [1.165, 1.54) is 11.6 Å². The van der Waals surface area contributed by atoms with E-state index in [2.05, 4.69) is 12.1 Å². The molecule has 2 aliphatic rings. The highest BCUT2D eigenvalue weighted by atomic mass is 16.6. The van der Waals surface area contributed by atoms with Gasteiger partial charge >= 0.3 is 5.69 Å². The van der Waals surface area contributed by atoms with Crippen molar-refractivity contribution in [3.8, 4) is 11.5 Å². The molecule has 2 heterocycles. The number of ether oxygens (including phenoxy) is 4. The van der Waals surface area contributed by atoms with Gasteiger partial charge in [0.1, 0.15) is 5.75 Å². The monoisotopic (exact) mass is 468 g/mol. The summed E-state index contributed by atoms with van der Waals surface area (Å²) >= 11 is 0. The molecule has 0 saturated heterocycles. The van der Waals surface area contributed by atoms with Crippen molar-refractivity contribution >= 4 is 22.5 Å². The minimum atomic E-state index is -0.408. The Morgan fingerprint density at radius 2 is 1.41 bits per heavy atom. The predicted octanol–water partition coefficient (Wildman–Crippen LogP) is 5.27. The summed E-state index contributed by atoms with van der Waals surface area (Å²) in [5.74, 6) is 1.16. The zero-order valence-electron chi connectivity index (χ0n) is 19.7. The summed E-state index contributed by atoms with van der Waals surface area (Å²) in [6.07, 6.45) is 5.72. The van der Waals surface area contributed by atoms with Crippen LogP contribution in [-0.2, 0) is 9.47 Å². The Bertz CT molecular complexity index is 1050. The third-order valence-electron chi connectivity index (χ3n) is 5.43. The van der Waals surface area contributed by atoms with Crippen LogP contribution in [0.25, 0.3) is 11.1 Å². The smallest absolute Gasteiger partial charge is 0.311 e. The summed E-state index contributed by atoms with van der Waals surface area (Å²) in [7, 11) is 0. The fraction of sp³-hybridized carbons (Fsp3) is 0.385. The molecule has 8 heteroatoms. The van der Waals surface area contributed by atoms with Gasteiger partial charge in [-0.2, -0.15) is 0 Å². The number of nitro groups is 1. The van der Waals surface area contributed by atoms with Gasteiger partial charge in [-0.05, 0) is 43.9 Å². The second kappa shape index (κ2) is 12.8. The van der Waals surface area contributed by atoms with Crippen molar-refractivity contribution in [3.05, 3.63) is 69.8 Å². The molecule has 0 aliphatic carbocycles. The van der Waals surface area contributed by atoms with Gasteiger partial charge in [0.05, 0.1) is 50.3 Å². The summed E-state index contributed by atoms with van der Waals surface area (Å²) < 4.78 is 21.6. The summed E-state index contributed by atoms with van der Waals surface area (Å²) in [5, 5.41) is 11.0. The van der Waals surface area contributed by atoms with Crippen molar-refractivity contribution in [1.29, 1.82) is 0 Å². The van der Waals surface area contributed by atoms with E-state index in [9.17, 15) is 10.1 Å². The maximum atomic E-state index is 11.0. The van der Waals surface area contributed by atoms with E-state index in [0.29, 0.717) is 44.5 Å². The first-order valence-electron chi connectivity index (χ1n) is 11.5. The highest BCUT2D eigenvalue weighted by molar-refractivity contribution is 5.76. The van der Waals surface area contributed by atoms with Gasteiger partial charge in [-0.25, -0.2) is 0 Å². The first kappa shape index (κ1) is 25.3. The van der Waals surface area contributed by atoms with Crippen LogP contribution in [0.3, 0.4) is 0 Å². The molecule has 182 valence electrons. The number of nitro benzene ring substituents is 1. The molecule has 34 heavy (non-hydrogen) atoms. The van der Waals surface area contributed by atoms with E-state index in [-0.39, 0.29) is 5.69 Å². The molecular formula is C26H32N2O6. The Hall–Kier alpha value is -3.36. The van der Waals surface area contributed by atoms with Crippen molar-refractivity contribution in [3.63, 3.8) is 0 Å². The molecule has 0 aromatic heterocycles. The van der Waals surface area contributed by atoms with Crippen LogP contribution >= 0.6 is 0 Å². The Labute approximate surface area is 200 Å². The second-order valence-electron chi connectivity index (χ2n) is 7.61. The zero-order chi connectivity index (χ0) is 24.3. The third-order valence-corrected chi connectivity index (χ3v) is 5.43. The fourth-order valence-electron chi connectivity index (χ4n) is 3.87. The Morgan fingerprint density at radius 1 is 0.882 bits per heavy atom. The van der Waals surface area contributed by atoms with Crippen LogP contribution in [0, 0.1) is 10.1 Å². The molecule has 0 bridgehead atoms. The van der Waals surface area contributed by atoms with Crippen LogP contribution in [0.2, 0.25) is 0 Å². The number of nitrogen functional groups attached to an aromatic ring is 1. The van der Waals surface area contributed by atoms with Gasteiger partial charge in [0.15, 0.2) is 0 Å². The molecule has 0 amide bonds. The van der Waals surface area contributed by atoms with Gasteiger partial charge in [-0.15, -0.1) is 0 Å². The molecule has 2 aliphatic heterocycles. The zero-order valence-corrected chi connectivity index (χ0v) is 19.7. The summed E-state index contributed by atoms with van der Waals surface area (Å²) in [6.45, 7) is 7.45. The lowest BCUT2D eigenvalue weighted by atomic mass is 10.00. The number of rotatable bonds is 7. The molecule has 0 saturated carbocycles. The summed E-state index contributed by atoms with van der Waals surface area (Å²) in [5.41, 5.74) is 10.9. The average molecular weight is 469 g/mol. The van der Waals surface area contributed by atoms with Gasteiger partial charge in [-0.1, -0.05) is 36.4 Å². The minimum absolute atomic E-state index is 0.0155. The highest BCUT2D eigenvalue weighted by Crippen LogP contribution is 2.37. The molecule has 0 unspecified atom stereocenters. The number of nitrogens with zero attached hydrogens (tertiary/aromatic N) is 1. The Balaban J connectivity index is 0.000000192. The number of benzene rings is 2. The predicted molar refractivity (Wildman–Crippen MR) is 133 cm³/mol. The quantitative estimate of drug-likeness (QED) is 0.335. The Kier molecular flexibility index (Phi) is 9.49. The third kappa shape index (κ3) is 6.36. The maximum absolute atomic E-state index is 11.0. The van der Waals surface area contributed by atoms with E-state index in [1.807, 2.05) is 38.1 Å². The molecule has 2 aromatic carbocycles. The van der Waals surface area contributed by atoms with E-state index < -0.39 is 4.92 Å². The first-order valence-corrected chi connectivity index (χ1v) is 11.5. The van der Waals surface area contributed by atoms with Crippen molar-refractivity contribution < 1.29 is 23.9 Å². The standard InChI is InChI=1S/C13H15NO4.C13H17NO2/c1-2-18-13-11(10-6-8-17-9-7-10)4-3-5-12(13)14(15)16;1-2-16-13-11(4-3-5-12(13)14)10-6-8-15-9-7-10/h3-6H,2,7-9H2,1H3;3-6H,2,7-9,14H2,1H3. The van der Waals surface area contributed by atoms with E-state index >= 15 is 0 Å². The summed E-state index contributed by atoms with van der Waals surface area (Å²) in [4.78, 5) is 10.6. The van der Waals surface area contributed by atoms with Crippen LogP contribution in [0.4, 0.5) is 11.4 Å². The van der Waals surface area contributed by atoms with Gasteiger partial charge < -0.3 is 24.7 Å². The molecule has 2 aromatic rings. The molecule has 8 nitrogen and oxygen atoms in total. The highest BCUT2D eigenvalue weighted by Gasteiger charge is 2.21. The second-order valence-corrected chi connectivity index (χ2v) is 7.61. The van der Waals surface area contributed by atoms with Gasteiger partial charge in [0, 0.05) is 17.2 Å². The SMILES string of the molecule is CCOc1c(C2=CCOCC2)cccc1[N+](=O)[O-].CCOc1c(N)cccc1C1=CCOCC1. The summed E-state index contributed by atoms with van der Waals surface area (Å²) in [6, 6.07) is 10.9. The number of anilines is 1. The molecule has 0 spiro atoms. The number of hydrogen-bond donors (Lipinski definition) is 1. The number of para-hydroxylation sites is 2. The van der Waals surface area contributed by atoms with E-state index in [1.54, 1.807) is 6.07 Å². The van der Waals surface area contributed by atoms with Gasteiger partial charge in [0.25, 0.3) is 0 Å².